The quantitative estimate of drug-likeness (QED) is 0.219. The van der Waals surface area contributed by atoms with E-state index in [0.717, 1.165) is 32.7 Å². The van der Waals surface area contributed by atoms with E-state index < -0.39 is 11.7 Å². The maximum Gasteiger partial charge on any atom is 0.419 e. The predicted octanol–water partition coefficient (Wildman–Crippen LogP) is 9.07. The molecule has 0 aliphatic rings. The molecule has 0 unspecified atom stereocenters. The minimum absolute atomic E-state index is 0.0814. The third-order valence-electron chi connectivity index (χ3n) is 6.83. The van der Waals surface area contributed by atoms with Crippen LogP contribution >= 0.6 is 0 Å². The number of hydrogen-bond acceptors (Lipinski definition) is 2. The van der Waals surface area contributed by atoms with E-state index >= 15 is 0 Å². The Morgan fingerprint density at radius 2 is 1.25 bits per heavy atom. The van der Waals surface area contributed by atoms with Gasteiger partial charge in [0.15, 0.2) is 0 Å². The molecule has 0 saturated carbocycles. The number of hydrogen-bond donors (Lipinski definition) is 0. The number of nitrogens with zero attached hydrogens (tertiary/aromatic N) is 2. The Hall–Kier alpha value is -3.99. The molecule has 0 spiro atoms. The molecule has 5 aromatic carbocycles. The first kappa shape index (κ1) is 22.5. The maximum absolute atomic E-state index is 14.3. The van der Waals surface area contributed by atoms with Crippen LogP contribution in [-0.2, 0) is 11.6 Å². The van der Waals surface area contributed by atoms with E-state index in [-0.39, 0.29) is 16.3 Å². The van der Waals surface area contributed by atoms with Crippen molar-refractivity contribution in [2.24, 2.45) is 0 Å². The summed E-state index contributed by atoms with van der Waals surface area (Å²) in [5.41, 5.74) is 1.40. The number of aromatic nitrogens is 2. The largest absolute Gasteiger partial charge is 0.419 e. The number of halogens is 3. The van der Waals surface area contributed by atoms with E-state index in [4.69, 9.17) is 0 Å². The summed E-state index contributed by atoms with van der Waals surface area (Å²) in [6.45, 7) is 6.44. The van der Waals surface area contributed by atoms with Crippen LogP contribution in [0.1, 0.15) is 31.9 Å². The number of alkyl halides is 3. The maximum atomic E-state index is 14.3. The van der Waals surface area contributed by atoms with Crippen LogP contribution in [0.4, 0.5) is 13.2 Å². The van der Waals surface area contributed by atoms with Gasteiger partial charge < -0.3 is 0 Å². The van der Waals surface area contributed by atoms with Gasteiger partial charge in [0, 0.05) is 10.9 Å². The lowest BCUT2D eigenvalue weighted by Gasteiger charge is -2.23. The molecule has 0 fully saturated rings. The topological polar surface area (TPSA) is 25.8 Å². The normalized spacial score (nSPS) is 12.7. The molecule has 0 aliphatic carbocycles. The second-order valence-electron chi connectivity index (χ2n) is 10.3. The second kappa shape index (κ2) is 7.76. The molecule has 0 atom stereocenters. The molecule has 2 nitrogen and oxygen atoms in total. The fraction of sp³-hybridized carbons (Fsp3) is 0.161. The zero-order valence-electron chi connectivity index (χ0n) is 20.1. The number of fused-ring (bicyclic) bond motifs is 4. The van der Waals surface area contributed by atoms with E-state index in [0.29, 0.717) is 16.5 Å². The fourth-order valence-corrected chi connectivity index (χ4v) is 5.19. The van der Waals surface area contributed by atoms with Crippen LogP contribution in [-0.4, -0.2) is 9.97 Å². The average Bonchev–Trinajstić information content (AvgIpc) is 2.83. The first-order chi connectivity index (χ1) is 17.1. The molecule has 0 N–H and O–H groups in total. The van der Waals surface area contributed by atoms with Crippen molar-refractivity contribution in [1.82, 2.24) is 9.97 Å². The molecule has 1 aromatic heterocycles. The molecule has 0 aliphatic heterocycles. The second-order valence-corrected chi connectivity index (χ2v) is 10.3. The molecule has 0 radical (unpaired) electrons. The summed E-state index contributed by atoms with van der Waals surface area (Å²) >= 11 is 0. The molecule has 0 amide bonds. The lowest BCUT2D eigenvalue weighted by Crippen LogP contribution is -2.12. The van der Waals surface area contributed by atoms with Gasteiger partial charge in [-0.1, -0.05) is 69.3 Å². The van der Waals surface area contributed by atoms with Crippen LogP contribution in [0, 0.1) is 0 Å². The van der Waals surface area contributed by atoms with E-state index in [1.54, 1.807) is 24.3 Å². The van der Waals surface area contributed by atoms with Crippen molar-refractivity contribution >= 4 is 43.2 Å². The summed E-state index contributed by atoms with van der Waals surface area (Å²) in [4.78, 5) is 8.65. The monoisotopic (exact) mass is 480 g/mol. The van der Waals surface area contributed by atoms with Crippen LogP contribution in [0.15, 0.2) is 85.2 Å². The molecule has 0 saturated heterocycles. The van der Waals surface area contributed by atoms with Gasteiger partial charge in [-0.3, -0.25) is 0 Å². The van der Waals surface area contributed by atoms with Crippen molar-refractivity contribution in [2.45, 2.75) is 32.4 Å². The SMILES string of the molecule is CC(C)(C)c1cc(-c2ncnc3c(C(F)(F)F)c4ccccc4cc23)cc2cc3ccccc3cc12. The summed E-state index contributed by atoms with van der Waals surface area (Å²) < 4.78 is 42.9. The zero-order valence-corrected chi connectivity index (χ0v) is 20.1. The van der Waals surface area contributed by atoms with E-state index in [2.05, 4.69) is 61.1 Å². The van der Waals surface area contributed by atoms with Gasteiger partial charge in [-0.15, -0.1) is 0 Å². The van der Waals surface area contributed by atoms with Crippen LogP contribution in [0.25, 0.3) is 54.5 Å². The smallest absolute Gasteiger partial charge is 0.236 e. The van der Waals surface area contributed by atoms with Gasteiger partial charge >= 0.3 is 6.18 Å². The first-order valence-corrected chi connectivity index (χ1v) is 11.8. The first-order valence-electron chi connectivity index (χ1n) is 11.8. The summed E-state index contributed by atoms with van der Waals surface area (Å²) in [6.07, 6.45) is -3.31. The van der Waals surface area contributed by atoms with Crippen molar-refractivity contribution in [1.29, 1.82) is 0 Å². The van der Waals surface area contributed by atoms with Gasteiger partial charge in [-0.25, -0.2) is 9.97 Å². The third kappa shape index (κ3) is 3.58. The lowest BCUT2D eigenvalue weighted by molar-refractivity contribution is -0.135. The van der Waals surface area contributed by atoms with Crippen molar-refractivity contribution in [3.8, 4) is 11.3 Å². The Labute approximate surface area is 206 Å². The lowest BCUT2D eigenvalue weighted by atomic mass is 9.81. The highest BCUT2D eigenvalue weighted by Crippen LogP contribution is 2.43. The van der Waals surface area contributed by atoms with Gasteiger partial charge in [0.2, 0.25) is 0 Å². The summed E-state index contributed by atoms with van der Waals surface area (Å²) in [7, 11) is 0. The molecule has 5 heteroatoms. The minimum Gasteiger partial charge on any atom is -0.236 e. The highest BCUT2D eigenvalue weighted by atomic mass is 19.4. The minimum atomic E-state index is -4.55. The molecule has 6 aromatic rings. The summed E-state index contributed by atoms with van der Waals surface area (Å²) in [5.74, 6) is 0. The van der Waals surface area contributed by atoms with Crippen LogP contribution in [0.2, 0.25) is 0 Å². The molecule has 6 rings (SSSR count). The highest BCUT2D eigenvalue weighted by molar-refractivity contribution is 6.07. The van der Waals surface area contributed by atoms with Crippen LogP contribution < -0.4 is 0 Å². The van der Waals surface area contributed by atoms with Gasteiger partial charge in [-0.05, 0) is 73.6 Å². The van der Waals surface area contributed by atoms with Gasteiger partial charge in [0.05, 0.1) is 16.8 Å². The number of benzene rings is 5. The van der Waals surface area contributed by atoms with Crippen molar-refractivity contribution < 1.29 is 13.2 Å². The van der Waals surface area contributed by atoms with Crippen molar-refractivity contribution in [3.05, 3.63) is 96.3 Å². The Balaban J connectivity index is 1.73. The van der Waals surface area contributed by atoms with E-state index in [1.165, 1.54) is 12.4 Å². The Morgan fingerprint density at radius 3 is 1.94 bits per heavy atom. The van der Waals surface area contributed by atoms with Crippen molar-refractivity contribution in [2.75, 3.05) is 0 Å². The Bertz CT molecular complexity index is 1810. The molecule has 36 heavy (non-hydrogen) atoms. The van der Waals surface area contributed by atoms with E-state index in [9.17, 15) is 13.2 Å². The third-order valence-corrected chi connectivity index (χ3v) is 6.83. The van der Waals surface area contributed by atoms with E-state index in [1.807, 2.05) is 18.2 Å². The summed E-state index contributed by atoms with van der Waals surface area (Å²) in [6, 6.07) is 25.0. The molecule has 178 valence electrons. The summed E-state index contributed by atoms with van der Waals surface area (Å²) in [5, 5.41) is 5.46. The average molecular weight is 481 g/mol. The van der Waals surface area contributed by atoms with Crippen LogP contribution in [0.5, 0.6) is 0 Å². The van der Waals surface area contributed by atoms with Gasteiger partial charge in [0.1, 0.15) is 6.33 Å². The standard InChI is InChI=1S/C31H23F3N2/c1-30(2,3)26-16-22(13-21-12-18-8-4-5-9-19(18)14-24(21)26)28-25-15-20-10-6-7-11-23(20)27(31(32,33)34)29(25)36-17-35-28/h4-17H,1-3H3. The molecular formula is C31H23F3N2. The van der Waals surface area contributed by atoms with Crippen molar-refractivity contribution in [3.63, 3.8) is 0 Å². The fourth-order valence-electron chi connectivity index (χ4n) is 5.19. The predicted molar refractivity (Wildman–Crippen MR) is 141 cm³/mol. The van der Waals surface area contributed by atoms with Gasteiger partial charge in [0.25, 0.3) is 0 Å². The highest BCUT2D eigenvalue weighted by Gasteiger charge is 2.36. The zero-order chi connectivity index (χ0) is 25.2. The molecule has 1 heterocycles. The van der Waals surface area contributed by atoms with Gasteiger partial charge in [-0.2, -0.15) is 13.2 Å². The molecule has 0 bridgehead atoms. The number of rotatable bonds is 1. The Kier molecular flexibility index (Phi) is 4.84. The van der Waals surface area contributed by atoms with Crippen LogP contribution in [0.3, 0.4) is 0 Å². The molecular weight excluding hydrogens is 457 g/mol. The Morgan fingerprint density at radius 1 is 0.611 bits per heavy atom.